The highest BCUT2D eigenvalue weighted by Crippen LogP contribution is 2.36. The molecule has 0 spiro atoms. The molecule has 1 aromatic carbocycles. The van der Waals surface area contributed by atoms with Crippen LogP contribution in [0.2, 0.25) is 0 Å². The van der Waals surface area contributed by atoms with Crippen LogP contribution in [0.3, 0.4) is 0 Å². The quantitative estimate of drug-likeness (QED) is 0.800. The number of rotatable bonds is 3. The lowest BCUT2D eigenvalue weighted by molar-refractivity contribution is -0.0327. The van der Waals surface area contributed by atoms with Crippen LogP contribution in [0, 0.1) is 11.6 Å². The van der Waals surface area contributed by atoms with Crippen LogP contribution in [0.5, 0.6) is 0 Å². The summed E-state index contributed by atoms with van der Waals surface area (Å²) < 4.78 is 52.9. The number of alkyl halides is 2. The summed E-state index contributed by atoms with van der Waals surface area (Å²) in [6.45, 7) is 2.84. The summed E-state index contributed by atoms with van der Waals surface area (Å²) in [5, 5.41) is 0. The highest BCUT2D eigenvalue weighted by molar-refractivity contribution is 5.23. The standard InChI is InChI=1S/C11H13F4N/c1-10(2,16)6-11(14,15)8-4-3-7(12)5-9(8)13/h3-5H,6,16H2,1-2H3. The Hall–Kier alpha value is -1.10. The molecule has 90 valence electrons. The van der Waals surface area contributed by atoms with Crippen LogP contribution in [0.1, 0.15) is 25.8 Å². The number of nitrogens with two attached hydrogens (primary N) is 1. The van der Waals surface area contributed by atoms with Crippen LogP contribution in [-0.4, -0.2) is 5.54 Å². The van der Waals surface area contributed by atoms with Gasteiger partial charge in [0.1, 0.15) is 11.6 Å². The van der Waals surface area contributed by atoms with Gasteiger partial charge in [-0.2, -0.15) is 0 Å². The van der Waals surface area contributed by atoms with E-state index in [0.29, 0.717) is 6.07 Å². The summed E-state index contributed by atoms with van der Waals surface area (Å²) in [6.07, 6.45) is -0.706. The van der Waals surface area contributed by atoms with Crippen LogP contribution < -0.4 is 5.73 Å². The molecule has 0 saturated carbocycles. The number of hydrogen-bond acceptors (Lipinski definition) is 1. The molecule has 0 saturated heterocycles. The fraction of sp³-hybridized carbons (Fsp3) is 0.455. The fourth-order valence-electron chi connectivity index (χ4n) is 1.45. The second-order valence-electron chi connectivity index (χ2n) is 4.49. The van der Waals surface area contributed by atoms with Gasteiger partial charge in [-0.15, -0.1) is 0 Å². The predicted molar refractivity (Wildman–Crippen MR) is 53.1 cm³/mol. The molecule has 0 unspecified atom stereocenters. The van der Waals surface area contributed by atoms with Gasteiger partial charge in [-0.3, -0.25) is 0 Å². The van der Waals surface area contributed by atoms with Crippen LogP contribution in [0.4, 0.5) is 17.6 Å². The number of hydrogen-bond donors (Lipinski definition) is 1. The van der Waals surface area contributed by atoms with Gasteiger partial charge in [-0.1, -0.05) is 0 Å². The molecule has 0 fully saturated rings. The predicted octanol–water partition coefficient (Wildman–Crippen LogP) is 3.18. The summed E-state index contributed by atoms with van der Waals surface area (Å²) in [6, 6.07) is 1.99. The third-order valence-corrected chi connectivity index (χ3v) is 2.00. The molecular weight excluding hydrogens is 222 g/mol. The first-order chi connectivity index (χ1) is 7.12. The first-order valence-electron chi connectivity index (χ1n) is 4.74. The third kappa shape index (κ3) is 3.20. The Kier molecular flexibility index (Phi) is 3.28. The Labute approximate surface area is 91.3 Å². The van der Waals surface area contributed by atoms with E-state index in [1.807, 2.05) is 0 Å². The van der Waals surface area contributed by atoms with Crippen molar-refractivity contribution in [1.82, 2.24) is 0 Å². The summed E-state index contributed by atoms with van der Waals surface area (Å²) in [4.78, 5) is 0. The van der Waals surface area contributed by atoms with E-state index >= 15 is 0 Å². The Morgan fingerprint density at radius 3 is 2.19 bits per heavy atom. The van der Waals surface area contributed by atoms with E-state index in [0.717, 1.165) is 12.1 Å². The zero-order valence-electron chi connectivity index (χ0n) is 9.03. The Morgan fingerprint density at radius 2 is 1.75 bits per heavy atom. The van der Waals surface area contributed by atoms with E-state index in [9.17, 15) is 17.6 Å². The summed E-state index contributed by atoms with van der Waals surface area (Å²) >= 11 is 0. The van der Waals surface area contributed by atoms with Gasteiger partial charge in [0.05, 0.1) is 5.56 Å². The van der Waals surface area contributed by atoms with E-state index in [2.05, 4.69) is 0 Å². The molecule has 16 heavy (non-hydrogen) atoms. The molecule has 1 nitrogen and oxygen atoms in total. The van der Waals surface area contributed by atoms with Crippen molar-refractivity contribution in [2.45, 2.75) is 31.7 Å². The van der Waals surface area contributed by atoms with Gasteiger partial charge in [0.15, 0.2) is 0 Å². The molecule has 0 aromatic heterocycles. The van der Waals surface area contributed by atoms with E-state index in [4.69, 9.17) is 5.73 Å². The van der Waals surface area contributed by atoms with Crippen molar-refractivity contribution in [3.05, 3.63) is 35.4 Å². The molecule has 0 bridgehead atoms. The maximum atomic E-state index is 13.6. The maximum absolute atomic E-state index is 13.6. The Morgan fingerprint density at radius 1 is 1.19 bits per heavy atom. The van der Waals surface area contributed by atoms with E-state index < -0.39 is 35.1 Å². The van der Waals surface area contributed by atoms with Gasteiger partial charge in [0, 0.05) is 18.0 Å². The van der Waals surface area contributed by atoms with Crippen LogP contribution >= 0.6 is 0 Å². The van der Waals surface area contributed by atoms with Crippen molar-refractivity contribution < 1.29 is 17.6 Å². The van der Waals surface area contributed by atoms with Crippen molar-refractivity contribution in [3.8, 4) is 0 Å². The molecule has 5 heteroatoms. The van der Waals surface area contributed by atoms with Gasteiger partial charge < -0.3 is 5.73 Å². The van der Waals surface area contributed by atoms with E-state index in [-0.39, 0.29) is 0 Å². The van der Waals surface area contributed by atoms with Crippen molar-refractivity contribution in [2.24, 2.45) is 5.73 Å². The Balaban J connectivity index is 3.07. The molecular formula is C11H13F4N. The number of halogens is 4. The smallest absolute Gasteiger partial charge is 0.277 e. The van der Waals surface area contributed by atoms with Crippen molar-refractivity contribution >= 4 is 0 Å². The van der Waals surface area contributed by atoms with E-state index in [1.165, 1.54) is 13.8 Å². The van der Waals surface area contributed by atoms with Crippen molar-refractivity contribution in [1.29, 1.82) is 0 Å². The molecule has 0 aliphatic carbocycles. The lowest BCUT2D eigenvalue weighted by atomic mass is 9.93. The van der Waals surface area contributed by atoms with Crippen LogP contribution in [0.15, 0.2) is 18.2 Å². The van der Waals surface area contributed by atoms with Gasteiger partial charge in [0.25, 0.3) is 5.92 Å². The van der Waals surface area contributed by atoms with Crippen LogP contribution in [-0.2, 0) is 5.92 Å². The first-order valence-corrected chi connectivity index (χ1v) is 4.74. The van der Waals surface area contributed by atoms with E-state index in [1.54, 1.807) is 0 Å². The van der Waals surface area contributed by atoms with Gasteiger partial charge in [0.2, 0.25) is 0 Å². The monoisotopic (exact) mass is 235 g/mol. The SMILES string of the molecule is CC(C)(N)CC(F)(F)c1ccc(F)cc1F. The maximum Gasteiger partial charge on any atom is 0.277 e. The molecule has 0 amide bonds. The lowest BCUT2D eigenvalue weighted by Crippen LogP contribution is -2.38. The zero-order valence-corrected chi connectivity index (χ0v) is 9.03. The molecule has 2 N–H and O–H groups in total. The molecule has 0 heterocycles. The average molecular weight is 235 g/mol. The molecule has 0 aliphatic rings. The largest absolute Gasteiger partial charge is 0.325 e. The fourth-order valence-corrected chi connectivity index (χ4v) is 1.45. The zero-order chi connectivity index (χ0) is 12.6. The molecule has 1 aromatic rings. The first kappa shape index (κ1) is 13.0. The molecule has 1 rings (SSSR count). The molecule has 0 atom stereocenters. The molecule has 0 aliphatic heterocycles. The highest BCUT2D eigenvalue weighted by Gasteiger charge is 2.38. The lowest BCUT2D eigenvalue weighted by Gasteiger charge is -2.26. The normalized spacial score (nSPS) is 12.9. The topological polar surface area (TPSA) is 26.0 Å². The Bertz CT molecular complexity index is 382. The average Bonchev–Trinajstić information content (AvgIpc) is 1.97. The minimum absolute atomic E-state index is 0.437. The second kappa shape index (κ2) is 4.05. The third-order valence-electron chi connectivity index (χ3n) is 2.00. The minimum atomic E-state index is -3.41. The van der Waals surface area contributed by atoms with Gasteiger partial charge in [-0.25, -0.2) is 17.6 Å². The minimum Gasteiger partial charge on any atom is -0.325 e. The summed E-state index contributed by atoms with van der Waals surface area (Å²) in [5.74, 6) is -5.55. The summed E-state index contributed by atoms with van der Waals surface area (Å²) in [5.41, 5.74) is 3.50. The number of benzene rings is 1. The van der Waals surface area contributed by atoms with Crippen molar-refractivity contribution in [2.75, 3.05) is 0 Å². The van der Waals surface area contributed by atoms with Crippen molar-refractivity contribution in [3.63, 3.8) is 0 Å². The van der Waals surface area contributed by atoms with Gasteiger partial charge >= 0.3 is 0 Å². The highest BCUT2D eigenvalue weighted by atomic mass is 19.3. The second-order valence-corrected chi connectivity index (χ2v) is 4.49. The van der Waals surface area contributed by atoms with Crippen LogP contribution in [0.25, 0.3) is 0 Å². The summed E-state index contributed by atoms with van der Waals surface area (Å²) in [7, 11) is 0. The van der Waals surface area contributed by atoms with Gasteiger partial charge in [-0.05, 0) is 26.0 Å². The molecule has 0 radical (unpaired) electrons.